The van der Waals surface area contributed by atoms with E-state index in [0.29, 0.717) is 11.2 Å². The first-order valence-corrected chi connectivity index (χ1v) is 8.14. The number of nitrogens with one attached hydrogen (secondary N) is 1. The highest BCUT2D eigenvalue weighted by Gasteiger charge is 2.22. The normalized spacial score (nSPS) is 18.7. The molecule has 1 aliphatic rings. The third kappa shape index (κ3) is 3.37. The Morgan fingerprint density at radius 3 is 3.00 bits per heavy atom. The topological polar surface area (TPSA) is 28.2 Å². The molecule has 21 heavy (non-hydrogen) atoms. The molecule has 0 saturated carbocycles. The minimum absolute atomic E-state index is 0.618. The summed E-state index contributed by atoms with van der Waals surface area (Å²) in [4.78, 5) is 7.08. The van der Waals surface area contributed by atoms with Crippen LogP contribution >= 0.6 is 11.6 Å². The summed E-state index contributed by atoms with van der Waals surface area (Å²) in [6.45, 7) is 6.43. The Bertz CT molecular complexity index is 608. The van der Waals surface area contributed by atoms with E-state index >= 15 is 0 Å². The minimum atomic E-state index is 0.618. The Kier molecular flexibility index (Phi) is 4.73. The Morgan fingerprint density at radius 1 is 1.38 bits per heavy atom. The first-order valence-electron chi connectivity index (χ1n) is 7.77. The van der Waals surface area contributed by atoms with Crippen LogP contribution in [-0.2, 0) is 6.54 Å². The minimum Gasteiger partial charge on any atom is -0.315 e. The molecule has 112 valence electrons. The van der Waals surface area contributed by atoms with Gasteiger partial charge in [-0.15, -0.1) is 0 Å². The predicted octanol–water partition coefficient (Wildman–Crippen LogP) is 3.46. The van der Waals surface area contributed by atoms with Gasteiger partial charge in [0.1, 0.15) is 5.15 Å². The van der Waals surface area contributed by atoms with Gasteiger partial charge in [0.2, 0.25) is 0 Å². The fourth-order valence-electron chi connectivity index (χ4n) is 3.09. The number of rotatable bonds is 5. The summed E-state index contributed by atoms with van der Waals surface area (Å²) in [5.41, 5.74) is 2.10. The number of pyridine rings is 1. The van der Waals surface area contributed by atoms with Crippen LogP contribution in [0.15, 0.2) is 30.3 Å². The highest BCUT2D eigenvalue weighted by atomic mass is 35.5. The Hall–Kier alpha value is -1.16. The third-order valence-corrected chi connectivity index (χ3v) is 4.51. The van der Waals surface area contributed by atoms with Gasteiger partial charge in [0.15, 0.2) is 0 Å². The van der Waals surface area contributed by atoms with Gasteiger partial charge in [0, 0.05) is 30.1 Å². The number of para-hydroxylation sites is 1. The van der Waals surface area contributed by atoms with Crippen molar-refractivity contribution in [1.29, 1.82) is 0 Å². The molecule has 1 aliphatic heterocycles. The van der Waals surface area contributed by atoms with Crippen molar-refractivity contribution < 1.29 is 0 Å². The van der Waals surface area contributed by atoms with Crippen LogP contribution in [0.3, 0.4) is 0 Å². The van der Waals surface area contributed by atoms with Crippen molar-refractivity contribution in [2.45, 2.75) is 32.4 Å². The lowest BCUT2D eigenvalue weighted by Crippen LogP contribution is -2.37. The average molecular weight is 304 g/mol. The van der Waals surface area contributed by atoms with Crippen molar-refractivity contribution in [3.05, 3.63) is 41.0 Å². The number of aromatic nitrogens is 1. The van der Waals surface area contributed by atoms with E-state index in [-0.39, 0.29) is 0 Å². The van der Waals surface area contributed by atoms with E-state index in [1.807, 2.05) is 18.2 Å². The molecule has 1 atom stereocenters. The zero-order valence-electron chi connectivity index (χ0n) is 12.5. The summed E-state index contributed by atoms with van der Waals surface area (Å²) in [5, 5.41) is 5.26. The Labute approximate surface area is 131 Å². The molecule has 1 unspecified atom stereocenters. The second kappa shape index (κ2) is 6.73. The van der Waals surface area contributed by atoms with Crippen LogP contribution in [0.1, 0.15) is 25.3 Å². The monoisotopic (exact) mass is 303 g/mol. The van der Waals surface area contributed by atoms with Crippen molar-refractivity contribution in [2.24, 2.45) is 0 Å². The van der Waals surface area contributed by atoms with E-state index in [9.17, 15) is 0 Å². The van der Waals surface area contributed by atoms with Crippen LogP contribution < -0.4 is 5.32 Å². The predicted molar refractivity (Wildman–Crippen MR) is 88.7 cm³/mol. The standard InChI is InChI=1S/C17H22ClN3/c1-2-9-21(15-7-8-19-11-15)12-14-10-13-5-3-4-6-16(13)20-17(14)18/h3-6,10,15,19H,2,7-9,11-12H2,1H3. The van der Waals surface area contributed by atoms with Gasteiger partial charge in [-0.05, 0) is 38.1 Å². The molecule has 3 rings (SSSR count). The van der Waals surface area contributed by atoms with Gasteiger partial charge in [-0.25, -0.2) is 4.98 Å². The first kappa shape index (κ1) is 14.8. The molecule has 2 aromatic rings. The first-order chi connectivity index (χ1) is 10.3. The molecule has 0 radical (unpaired) electrons. The highest BCUT2D eigenvalue weighted by Crippen LogP contribution is 2.23. The van der Waals surface area contributed by atoms with Crippen molar-refractivity contribution >= 4 is 22.5 Å². The lowest BCUT2D eigenvalue weighted by Gasteiger charge is -2.28. The highest BCUT2D eigenvalue weighted by molar-refractivity contribution is 6.30. The second-order valence-electron chi connectivity index (χ2n) is 5.75. The van der Waals surface area contributed by atoms with E-state index in [0.717, 1.165) is 49.1 Å². The van der Waals surface area contributed by atoms with E-state index in [4.69, 9.17) is 11.6 Å². The molecular formula is C17H22ClN3. The second-order valence-corrected chi connectivity index (χ2v) is 6.11. The number of fused-ring (bicyclic) bond motifs is 1. The van der Waals surface area contributed by atoms with E-state index in [2.05, 4.69) is 34.3 Å². The van der Waals surface area contributed by atoms with Gasteiger partial charge in [0.25, 0.3) is 0 Å². The molecular weight excluding hydrogens is 282 g/mol. The quantitative estimate of drug-likeness (QED) is 0.857. The molecule has 0 spiro atoms. The van der Waals surface area contributed by atoms with Gasteiger partial charge in [-0.2, -0.15) is 0 Å². The molecule has 2 heterocycles. The van der Waals surface area contributed by atoms with Crippen molar-refractivity contribution in [3.8, 4) is 0 Å². The summed E-state index contributed by atoms with van der Waals surface area (Å²) in [6, 6.07) is 11.0. The molecule has 0 amide bonds. The van der Waals surface area contributed by atoms with Gasteiger partial charge < -0.3 is 5.32 Å². The van der Waals surface area contributed by atoms with Crippen LogP contribution in [0.5, 0.6) is 0 Å². The number of benzene rings is 1. The molecule has 4 heteroatoms. The maximum atomic E-state index is 6.40. The number of halogens is 1. The van der Waals surface area contributed by atoms with E-state index in [1.54, 1.807) is 0 Å². The average Bonchev–Trinajstić information content (AvgIpc) is 3.01. The molecule has 1 aromatic heterocycles. The van der Waals surface area contributed by atoms with Gasteiger partial charge in [-0.1, -0.05) is 36.7 Å². The third-order valence-electron chi connectivity index (χ3n) is 4.19. The summed E-state index contributed by atoms with van der Waals surface area (Å²) in [7, 11) is 0. The van der Waals surface area contributed by atoms with E-state index < -0.39 is 0 Å². The van der Waals surface area contributed by atoms with Crippen LogP contribution in [-0.4, -0.2) is 35.6 Å². The molecule has 1 N–H and O–H groups in total. The summed E-state index contributed by atoms with van der Waals surface area (Å²) in [6.07, 6.45) is 2.38. The van der Waals surface area contributed by atoms with E-state index in [1.165, 1.54) is 6.42 Å². The maximum Gasteiger partial charge on any atom is 0.134 e. The summed E-state index contributed by atoms with van der Waals surface area (Å²) >= 11 is 6.40. The number of hydrogen-bond acceptors (Lipinski definition) is 3. The lowest BCUT2D eigenvalue weighted by molar-refractivity contribution is 0.199. The molecule has 0 bridgehead atoms. The molecule has 1 saturated heterocycles. The Morgan fingerprint density at radius 2 is 2.24 bits per heavy atom. The molecule has 0 aliphatic carbocycles. The fourth-order valence-corrected chi connectivity index (χ4v) is 3.30. The Balaban J connectivity index is 1.85. The van der Waals surface area contributed by atoms with Crippen LogP contribution in [0, 0.1) is 0 Å². The van der Waals surface area contributed by atoms with Crippen molar-refractivity contribution in [1.82, 2.24) is 15.2 Å². The zero-order chi connectivity index (χ0) is 14.7. The smallest absolute Gasteiger partial charge is 0.134 e. The molecule has 3 nitrogen and oxygen atoms in total. The molecule has 1 fully saturated rings. The SMILES string of the molecule is CCCN(Cc1cc2ccccc2nc1Cl)C1CCNC1. The largest absolute Gasteiger partial charge is 0.315 e. The van der Waals surface area contributed by atoms with Gasteiger partial charge in [-0.3, -0.25) is 4.90 Å². The maximum absolute atomic E-state index is 6.40. The van der Waals surface area contributed by atoms with Crippen molar-refractivity contribution in [3.63, 3.8) is 0 Å². The summed E-state index contributed by atoms with van der Waals surface area (Å²) < 4.78 is 0. The van der Waals surface area contributed by atoms with Crippen LogP contribution in [0.4, 0.5) is 0 Å². The van der Waals surface area contributed by atoms with Crippen LogP contribution in [0.25, 0.3) is 10.9 Å². The number of hydrogen-bond donors (Lipinski definition) is 1. The fraction of sp³-hybridized carbons (Fsp3) is 0.471. The van der Waals surface area contributed by atoms with Gasteiger partial charge >= 0.3 is 0 Å². The van der Waals surface area contributed by atoms with Crippen molar-refractivity contribution in [2.75, 3.05) is 19.6 Å². The van der Waals surface area contributed by atoms with Crippen LogP contribution in [0.2, 0.25) is 5.15 Å². The summed E-state index contributed by atoms with van der Waals surface area (Å²) in [5.74, 6) is 0. The molecule has 1 aromatic carbocycles. The number of nitrogens with zero attached hydrogens (tertiary/aromatic N) is 2. The zero-order valence-corrected chi connectivity index (χ0v) is 13.2. The lowest BCUT2D eigenvalue weighted by atomic mass is 10.1. The van der Waals surface area contributed by atoms with Gasteiger partial charge in [0.05, 0.1) is 5.52 Å².